The maximum Gasteiger partial charge on any atom is 0.271 e. The Hall–Kier alpha value is -4.36. The zero-order valence-electron chi connectivity index (χ0n) is 17.7. The molecule has 11 nitrogen and oxygen atoms in total. The summed E-state index contributed by atoms with van der Waals surface area (Å²) >= 11 is 2.60. The summed E-state index contributed by atoms with van der Waals surface area (Å²) in [5.41, 5.74) is 1.57. The normalized spacial score (nSPS) is 11.1. The van der Waals surface area contributed by atoms with Gasteiger partial charge in [-0.25, -0.2) is 4.98 Å². The lowest BCUT2D eigenvalue weighted by Gasteiger charge is -2.03. The monoisotopic (exact) mass is 509 g/mol. The number of nitrogens with one attached hydrogen (secondary N) is 1. The van der Waals surface area contributed by atoms with E-state index in [-0.39, 0.29) is 34.3 Å². The van der Waals surface area contributed by atoms with Gasteiger partial charge in [0, 0.05) is 41.7 Å². The lowest BCUT2D eigenvalue weighted by molar-refractivity contribution is -0.385. The number of hydrogen-bond donors (Lipinski definition) is 2. The van der Waals surface area contributed by atoms with Crippen molar-refractivity contribution >= 4 is 68.2 Å². The number of thiazole rings is 1. The van der Waals surface area contributed by atoms with E-state index in [9.17, 15) is 30.1 Å². The number of rotatable bonds is 8. The Balaban J connectivity index is 1.42. The number of hydrogen-bond acceptors (Lipinski definition) is 10. The molecule has 0 saturated heterocycles. The maximum absolute atomic E-state index is 12.2. The molecule has 35 heavy (non-hydrogen) atoms. The molecule has 0 unspecified atom stereocenters. The third-order valence-electron chi connectivity index (χ3n) is 4.59. The van der Waals surface area contributed by atoms with Gasteiger partial charge in [-0.3, -0.25) is 30.0 Å². The molecule has 0 aliphatic heterocycles. The number of carbonyl (C=O) groups excluding carboxylic acids is 1. The molecule has 13 heteroatoms. The number of carbonyl (C=O) groups is 1. The van der Waals surface area contributed by atoms with Gasteiger partial charge in [0.05, 0.1) is 31.5 Å². The third-order valence-corrected chi connectivity index (χ3v) is 6.76. The molecular formula is C22H15N5O6S2. The van der Waals surface area contributed by atoms with Crippen LogP contribution in [0, 0.1) is 20.2 Å². The molecule has 0 bridgehead atoms. The third kappa shape index (κ3) is 5.96. The largest absolute Gasteiger partial charge is 0.507 e. The van der Waals surface area contributed by atoms with Gasteiger partial charge < -0.3 is 10.4 Å². The number of aliphatic imine (C=N–C) groups is 1. The van der Waals surface area contributed by atoms with Crippen LogP contribution in [0.3, 0.4) is 0 Å². The van der Waals surface area contributed by atoms with Crippen LogP contribution in [0.25, 0.3) is 10.2 Å². The van der Waals surface area contributed by atoms with Crippen LogP contribution >= 0.6 is 23.1 Å². The minimum Gasteiger partial charge on any atom is -0.507 e. The van der Waals surface area contributed by atoms with E-state index >= 15 is 0 Å². The number of anilines is 1. The number of nitro benzene ring substituents is 2. The summed E-state index contributed by atoms with van der Waals surface area (Å²) in [5.74, 6) is -0.378. The van der Waals surface area contributed by atoms with Gasteiger partial charge in [-0.2, -0.15) is 0 Å². The van der Waals surface area contributed by atoms with Gasteiger partial charge in [-0.05, 0) is 30.3 Å². The predicted octanol–water partition coefficient (Wildman–Crippen LogP) is 5.30. The van der Waals surface area contributed by atoms with Crippen molar-refractivity contribution in [3.05, 3.63) is 86.5 Å². The van der Waals surface area contributed by atoms with Crippen molar-refractivity contribution < 1.29 is 19.7 Å². The van der Waals surface area contributed by atoms with Crippen LogP contribution in [0.2, 0.25) is 0 Å². The van der Waals surface area contributed by atoms with Gasteiger partial charge in [0.25, 0.3) is 11.4 Å². The van der Waals surface area contributed by atoms with Crippen molar-refractivity contribution in [3.8, 4) is 5.75 Å². The van der Waals surface area contributed by atoms with Crippen molar-refractivity contribution in [1.29, 1.82) is 0 Å². The summed E-state index contributed by atoms with van der Waals surface area (Å²) in [5, 5.41) is 34.3. The van der Waals surface area contributed by atoms with Gasteiger partial charge in [-0.15, -0.1) is 11.3 Å². The highest BCUT2D eigenvalue weighted by atomic mass is 32.2. The van der Waals surface area contributed by atoms with Crippen LogP contribution in [0.4, 0.5) is 22.7 Å². The highest BCUT2D eigenvalue weighted by Crippen LogP contribution is 2.32. The number of benzene rings is 3. The molecule has 0 aliphatic rings. The van der Waals surface area contributed by atoms with Crippen LogP contribution in [-0.4, -0.2) is 37.8 Å². The topological polar surface area (TPSA) is 161 Å². The van der Waals surface area contributed by atoms with Crippen LogP contribution in [0.1, 0.15) is 5.56 Å². The van der Waals surface area contributed by atoms with Crippen molar-refractivity contribution in [3.63, 3.8) is 0 Å². The smallest absolute Gasteiger partial charge is 0.271 e. The predicted molar refractivity (Wildman–Crippen MR) is 134 cm³/mol. The number of nitro groups is 2. The number of aromatic hydroxyl groups is 1. The quantitative estimate of drug-likeness (QED) is 0.140. The first kappa shape index (κ1) is 23.8. The molecule has 0 aliphatic carbocycles. The van der Waals surface area contributed by atoms with Gasteiger partial charge >= 0.3 is 0 Å². The molecule has 0 radical (unpaired) electrons. The van der Waals surface area contributed by atoms with E-state index in [1.807, 2.05) is 0 Å². The molecular weight excluding hydrogens is 494 g/mol. The lowest BCUT2D eigenvalue weighted by Crippen LogP contribution is -2.13. The number of non-ortho nitro benzene ring substituents is 2. The second-order valence-corrected chi connectivity index (χ2v) is 9.29. The number of thioether (sulfide) groups is 1. The number of fused-ring (bicyclic) bond motifs is 1. The zero-order valence-corrected chi connectivity index (χ0v) is 19.3. The van der Waals surface area contributed by atoms with Gasteiger partial charge in [-0.1, -0.05) is 17.8 Å². The van der Waals surface area contributed by atoms with Crippen molar-refractivity contribution in [2.24, 2.45) is 4.99 Å². The Bertz CT molecular complexity index is 1490. The van der Waals surface area contributed by atoms with E-state index in [1.165, 1.54) is 65.7 Å². The number of aromatic nitrogens is 1. The second-order valence-electron chi connectivity index (χ2n) is 7.03. The molecule has 4 aromatic rings. The van der Waals surface area contributed by atoms with Gasteiger partial charge in [0.2, 0.25) is 5.91 Å². The number of phenolic OH excluding ortho intramolecular Hbond substituents is 1. The zero-order chi connectivity index (χ0) is 24.9. The molecule has 4 rings (SSSR count). The summed E-state index contributed by atoms with van der Waals surface area (Å²) in [7, 11) is 0. The summed E-state index contributed by atoms with van der Waals surface area (Å²) in [6.45, 7) is 0. The molecule has 0 fully saturated rings. The molecule has 176 valence electrons. The Labute approximate surface area is 205 Å². The van der Waals surface area contributed by atoms with Crippen LogP contribution in [0.15, 0.2) is 70.0 Å². The Kier molecular flexibility index (Phi) is 6.98. The Morgan fingerprint density at radius 3 is 2.63 bits per heavy atom. The van der Waals surface area contributed by atoms with Crippen LogP contribution in [-0.2, 0) is 4.79 Å². The first-order valence-electron chi connectivity index (χ1n) is 9.87. The van der Waals surface area contributed by atoms with E-state index in [2.05, 4.69) is 15.3 Å². The van der Waals surface area contributed by atoms with Crippen molar-refractivity contribution in [2.75, 3.05) is 11.1 Å². The Morgan fingerprint density at radius 1 is 1.09 bits per heavy atom. The summed E-state index contributed by atoms with van der Waals surface area (Å²) in [6.07, 6.45) is 1.35. The van der Waals surface area contributed by atoms with E-state index in [0.717, 1.165) is 4.70 Å². The number of nitrogens with zero attached hydrogens (tertiary/aromatic N) is 4. The summed E-state index contributed by atoms with van der Waals surface area (Å²) in [6, 6.07) is 14.6. The van der Waals surface area contributed by atoms with E-state index < -0.39 is 9.85 Å². The van der Waals surface area contributed by atoms with E-state index in [0.29, 0.717) is 21.2 Å². The molecule has 0 saturated carbocycles. The average Bonchev–Trinajstić information content (AvgIpc) is 3.24. The molecule has 0 atom stereocenters. The first-order valence-corrected chi connectivity index (χ1v) is 11.7. The van der Waals surface area contributed by atoms with Gasteiger partial charge in [0.15, 0.2) is 4.34 Å². The minimum absolute atomic E-state index is 0.0690. The molecule has 1 aromatic heterocycles. The lowest BCUT2D eigenvalue weighted by atomic mass is 10.2. The fourth-order valence-corrected chi connectivity index (χ4v) is 4.86. The second kappa shape index (κ2) is 10.3. The standard InChI is InChI=1S/C22H15N5O6S2/c28-19-7-5-17(27(32)33)8-13(19)11-23-14-4-6-18-20(10-14)35-22(25-18)34-12-21(29)24-15-2-1-3-16(9-15)26(30)31/h1-11,28H,12H2,(H,24,29). The first-order chi connectivity index (χ1) is 16.8. The molecule has 0 spiro atoms. The molecule has 2 N–H and O–H groups in total. The highest BCUT2D eigenvalue weighted by Gasteiger charge is 2.12. The van der Waals surface area contributed by atoms with Crippen molar-refractivity contribution in [2.45, 2.75) is 4.34 Å². The van der Waals surface area contributed by atoms with Crippen LogP contribution in [0.5, 0.6) is 5.75 Å². The van der Waals surface area contributed by atoms with E-state index in [1.54, 1.807) is 24.3 Å². The average molecular weight is 510 g/mol. The fraction of sp³-hybridized carbons (Fsp3) is 0.0455. The van der Waals surface area contributed by atoms with Gasteiger partial charge in [0.1, 0.15) is 5.75 Å². The Morgan fingerprint density at radius 2 is 1.86 bits per heavy atom. The minimum atomic E-state index is -0.552. The molecule has 1 amide bonds. The fourth-order valence-electron chi connectivity index (χ4n) is 2.96. The SMILES string of the molecule is O=C(CSc1nc2ccc(N=Cc3cc([N+](=O)[O-])ccc3O)cc2s1)Nc1cccc([N+](=O)[O-])c1. The number of amides is 1. The molecule has 3 aromatic carbocycles. The highest BCUT2D eigenvalue weighted by molar-refractivity contribution is 8.01. The maximum atomic E-state index is 12.2. The van der Waals surface area contributed by atoms with E-state index in [4.69, 9.17) is 0 Å². The van der Waals surface area contributed by atoms with Crippen molar-refractivity contribution in [1.82, 2.24) is 4.98 Å². The van der Waals surface area contributed by atoms with Crippen LogP contribution < -0.4 is 5.32 Å². The number of phenols is 1. The summed E-state index contributed by atoms with van der Waals surface area (Å²) < 4.78 is 1.48. The summed E-state index contributed by atoms with van der Waals surface area (Å²) in [4.78, 5) is 41.7. The molecule has 1 heterocycles.